The number of nitrogens with one attached hydrogen (secondary N) is 1. The average molecular weight is 213 g/mol. The van der Waals surface area contributed by atoms with Crippen LogP contribution in [0.4, 0.5) is 5.95 Å². The third-order valence-corrected chi connectivity index (χ3v) is 2.82. The van der Waals surface area contributed by atoms with Crippen LogP contribution in [0.1, 0.15) is 13.3 Å². The maximum atomic E-state index is 8.76. The van der Waals surface area contributed by atoms with Crippen molar-refractivity contribution in [3.63, 3.8) is 0 Å². The molecule has 1 aromatic rings. The molecule has 0 fully saturated rings. The zero-order valence-corrected chi connectivity index (χ0v) is 9.21. The van der Waals surface area contributed by atoms with Crippen molar-refractivity contribution >= 4 is 17.7 Å². The molecule has 0 spiro atoms. The number of hydrogen-bond donors (Lipinski definition) is 2. The Kier molecular flexibility index (Phi) is 4.69. The number of rotatable bonds is 5. The fraction of sp³-hybridized carbons (Fsp3) is 0.556. The SMILES string of the molecule is CNc1nccc(SC(C)CCO)n1. The monoisotopic (exact) mass is 213 g/mol. The summed E-state index contributed by atoms with van der Waals surface area (Å²) in [5.74, 6) is 0.631. The lowest BCUT2D eigenvalue weighted by molar-refractivity contribution is 0.289. The minimum absolute atomic E-state index is 0.220. The van der Waals surface area contributed by atoms with Gasteiger partial charge >= 0.3 is 0 Å². The van der Waals surface area contributed by atoms with Crippen LogP contribution in [0.5, 0.6) is 0 Å². The van der Waals surface area contributed by atoms with E-state index in [2.05, 4.69) is 22.2 Å². The Morgan fingerprint density at radius 2 is 2.43 bits per heavy atom. The lowest BCUT2D eigenvalue weighted by Gasteiger charge is -2.08. The molecule has 1 rings (SSSR count). The first kappa shape index (κ1) is 11.3. The summed E-state index contributed by atoms with van der Waals surface area (Å²) in [6.07, 6.45) is 2.51. The molecule has 14 heavy (non-hydrogen) atoms. The standard InChI is InChI=1S/C9H15N3OS/c1-7(4-6-13)14-8-3-5-11-9(10-2)12-8/h3,5,7,13H,4,6H2,1-2H3,(H,10,11,12). The molecule has 1 aromatic heterocycles. The highest BCUT2D eigenvalue weighted by atomic mass is 32.2. The second-order valence-electron chi connectivity index (χ2n) is 2.91. The zero-order valence-electron chi connectivity index (χ0n) is 8.40. The number of aromatic nitrogens is 2. The molecule has 0 radical (unpaired) electrons. The molecule has 0 saturated carbocycles. The van der Waals surface area contributed by atoms with Crippen LogP contribution in [-0.2, 0) is 0 Å². The molecule has 0 aromatic carbocycles. The van der Waals surface area contributed by atoms with E-state index in [0.29, 0.717) is 11.2 Å². The molecule has 0 bridgehead atoms. The molecule has 0 aliphatic carbocycles. The topological polar surface area (TPSA) is 58.0 Å². The molecule has 5 heteroatoms. The quantitative estimate of drug-likeness (QED) is 0.571. The molecule has 78 valence electrons. The van der Waals surface area contributed by atoms with Gasteiger partial charge in [-0.05, 0) is 12.5 Å². The van der Waals surface area contributed by atoms with E-state index in [1.54, 1.807) is 25.0 Å². The van der Waals surface area contributed by atoms with Gasteiger partial charge in [-0.15, -0.1) is 11.8 Å². The van der Waals surface area contributed by atoms with Crippen LogP contribution >= 0.6 is 11.8 Å². The van der Waals surface area contributed by atoms with Crippen molar-refractivity contribution < 1.29 is 5.11 Å². The molecule has 4 nitrogen and oxygen atoms in total. The van der Waals surface area contributed by atoms with Crippen LogP contribution in [0.25, 0.3) is 0 Å². The summed E-state index contributed by atoms with van der Waals surface area (Å²) in [4.78, 5) is 8.30. The second-order valence-corrected chi connectivity index (χ2v) is 4.37. The molecule has 0 amide bonds. The summed E-state index contributed by atoms with van der Waals surface area (Å²) in [5.41, 5.74) is 0. The molecular weight excluding hydrogens is 198 g/mol. The molecular formula is C9H15N3OS. The van der Waals surface area contributed by atoms with E-state index in [4.69, 9.17) is 5.11 Å². The minimum Gasteiger partial charge on any atom is -0.396 e. The van der Waals surface area contributed by atoms with Gasteiger partial charge in [-0.2, -0.15) is 0 Å². The Morgan fingerprint density at radius 3 is 3.07 bits per heavy atom. The van der Waals surface area contributed by atoms with Crippen LogP contribution in [-0.4, -0.2) is 34.0 Å². The summed E-state index contributed by atoms with van der Waals surface area (Å²) in [6, 6.07) is 1.87. The Morgan fingerprint density at radius 1 is 1.64 bits per heavy atom. The number of nitrogens with zero attached hydrogens (tertiary/aromatic N) is 2. The largest absolute Gasteiger partial charge is 0.396 e. The van der Waals surface area contributed by atoms with Gasteiger partial charge < -0.3 is 10.4 Å². The predicted octanol–water partition coefficient (Wildman–Crippen LogP) is 1.38. The van der Waals surface area contributed by atoms with Gasteiger partial charge in [0.15, 0.2) is 0 Å². The second kappa shape index (κ2) is 5.82. The third kappa shape index (κ3) is 3.51. The average Bonchev–Trinajstić information content (AvgIpc) is 2.18. The van der Waals surface area contributed by atoms with Crippen molar-refractivity contribution in [2.24, 2.45) is 0 Å². The smallest absolute Gasteiger partial charge is 0.223 e. The van der Waals surface area contributed by atoms with E-state index in [0.717, 1.165) is 11.4 Å². The first-order valence-electron chi connectivity index (χ1n) is 4.54. The van der Waals surface area contributed by atoms with Gasteiger partial charge in [-0.3, -0.25) is 0 Å². The molecule has 0 saturated heterocycles. The summed E-state index contributed by atoms with van der Waals surface area (Å²) in [5, 5.41) is 13.0. The Hall–Kier alpha value is -0.810. The Labute approximate surface area is 88.2 Å². The molecule has 1 heterocycles. The molecule has 1 atom stereocenters. The lowest BCUT2D eigenvalue weighted by atomic mass is 10.3. The van der Waals surface area contributed by atoms with Crippen molar-refractivity contribution in [3.05, 3.63) is 12.3 Å². The zero-order chi connectivity index (χ0) is 10.4. The van der Waals surface area contributed by atoms with Gasteiger partial charge in [-0.1, -0.05) is 6.92 Å². The van der Waals surface area contributed by atoms with Crippen LogP contribution in [0.2, 0.25) is 0 Å². The number of hydrogen-bond acceptors (Lipinski definition) is 5. The maximum absolute atomic E-state index is 8.76. The highest BCUT2D eigenvalue weighted by molar-refractivity contribution is 7.99. The van der Waals surface area contributed by atoms with Gasteiger partial charge in [0.25, 0.3) is 0 Å². The van der Waals surface area contributed by atoms with E-state index in [9.17, 15) is 0 Å². The van der Waals surface area contributed by atoms with Gasteiger partial charge in [0.2, 0.25) is 5.95 Å². The number of anilines is 1. The summed E-state index contributed by atoms with van der Waals surface area (Å²) < 4.78 is 0. The highest BCUT2D eigenvalue weighted by Crippen LogP contribution is 2.23. The number of thioether (sulfide) groups is 1. The summed E-state index contributed by atoms with van der Waals surface area (Å²) >= 11 is 1.65. The van der Waals surface area contributed by atoms with Gasteiger partial charge in [0.1, 0.15) is 5.03 Å². The van der Waals surface area contributed by atoms with Gasteiger partial charge in [0, 0.05) is 25.1 Å². The van der Waals surface area contributed by atoms with E-state index in [-0.39, 0.29) is 6.61 Å². The third-order valence-electron chi connectivity index (χ3n) is 1.71. The molecule has 1 unspecified atom stereocenters. The number of aliphatic hydroxyl groups excluding tert-OH is 1. The van der Waals surface area contributed by atoms with Crippen LogP contribution in [0.15, 0.2) is 17.3 Å². The van der Waals surface area contributed by atoms with Crippen molar-refractivity contribution in [2.75, 3.05) is 19.0 Å². The fourth-order valence-electron chi connectivity index (χ4n) is 0.975. The Bertz CT molecular complexity index is 283. The first-order chi connectivity index (χ1) is 6.76. The van der Waals surface area contributed by atoms with Crippen molar-refractivity contribution in [1.29, 1.82) is 0 Å². The molecule has 2 N–H and O–H groups in total. The van der Waals surface area contributed by atoms with Crippen LogP contribution < -0.4 is 5.32 Å². The van der Waals surface area contributed by atoms with Crippen LogP contribution in [0, 0.1) is 0 Å². The predicted molar refractivity (Wildman–Crippen MR) is 58.6 cm³/mol. The van der Waals surface area contributed by atoms with Gasteiger partial charge in [-0.25, -0.2) is 9.97 Å². The van der Waals surface area contributed by atoms with E-state index < -0.39 is 0 Å². The molecule has 0 aliphatic rings. The first-order valence-corrected chi connectivity index (χ1v) is 5.42. The summed E-state index contributed by atoms with van der Waals surface area (Å²) in [6.45, 7) is 2.29. The minimum atomic E-state index is 0.220. The molecule has 0 aliphatic heterocycles. The Balaban J connectivity index is 2.57. The highest BCUT2D eigenvalue weighted by Gasteiger charge is 2.05. The number of aliphatic hydroxyl groups is 1. The summed E-state index contributed by atoms with van der Waals surface area (Å²) in [7, 11) is 1.79. The van der Waals surface area contributed by atoms with Crippen molar-refractivity contribution in [3.8, 4) is 0 Å². The van der Waals surface area contributed by atoms with E-state index >= 15 is 0 Å². The van der Waals surface area contributed by atoms with Crippen molar-refractivity contribution in [1.82, 2.24) is 9.97 Å². The van der Waals surface area contributed by atoms with E-state index in [1.807, 2.05) is 6.07 Å². The van der Waals surface area contributed by atoms with Gasteiger partial charge in [0.05, 0.1) is 0 Å². The maximum Gasteiger partial charge on any atom is 0.223 e. The fourth-order valence-corrected chi connectivity index (χ4v) is 1.89. The van der Waals surface area contributed by atoms with Crippen LogP contribution in [0.3, 0.4) is 0 Å². The lowest BCUT2D eigenvalue weighted by Crippen LogP contribution is -2.01. The van der Waals surface area contributed by atoms with E-state index in [1.165, 1.54) is 0 Å². The van der Waals surface area contributed by atoms with Crippen molar-refractivity contribution in [2.45, 2.75) is 23.6 Å². The normalized spacial score (nSPS) is 12.5.